The van der Waals surface area contributed by atoms with Crippen LogP contribution in [0.4, 0.5) is 0 Å². The molecule has 1 aliphatic heterocycles. The summed E-state index contributed by atoms with van der Waals surface area (Å²) in [7, 11) is -0.571. The third-order valence-corrected chi connectivity index (χ3v) is 7.50. The minimum atomic E-state index is -3.51. The standard InChI is InChI=1S/C19H20N4O4S2/c1-22(2)29(25,26)16-7-5-13(6-8-16)19(24)23-11-14(12-23)18-20-17(21-27-18)10-15-4-3-9-28-15/h3-9,14H,10-12H2,1-2H3. The molecule has 0 spiro atoms. The molecule has 3 aromatic rings. The summed E-state index contributed by atoms with van der Waals surface area (Å²) in [6.07, 6.45) is 0.638. The van der Waals surface area contributed by atoms with E-state index in [1.54, 1.807) is 16.2 Å². The molecule has 0 atom stereocenters. The SMILES string of the molecule is CN(C)S(=O)(=O)c1ccc(C(=O)N2CC(c3nc(Cc4cccs4)no3)C2)cc1. The molecule has 1 fully saturated rings. The van der Waals surface area contributed by atoms with Crippen molar-refractivity contribution in [3.63, 3.8) is 0 Å². The van der Waals surface area contributed by atoms with E-state index >= 15 is 0 Å². The number of hydrogen-bond donors (Lipinski definition) is 0. The summed E-state index contributed by atoms with van der Waals surface area (Å²) in [5.74, 6) is 1.07. The van der Waals surface area contributed by atoms with Crippen molar-refractivity contribution in [3.8, 4) is 0 Å². The summed E-state index contributed by atoms with van der Waals surface area (Å²) < 4.78 is 30.7. The number of nitrogens with zero attached hydrogens (tertiary/aromatic N) is 4. The van der Waals surface area contributed by atoms with Crippen molar-refractivity contribution in [1.82, 2.24) is 19.3 Å². The van der Waals surface area contributed by atoms with Gasteiger partial charge in [0.1, 0.15) is 0 Å². The van der Waals surface area contributed by atoms with Crippen LogP contribution in [0, 0.1) is 0 Å². The zero-order valence-corrected chi connectivity index (χ0v) is 17.6. The molecule has 1 aromatic carbocycles. The minimum absolute atomic E-state index is 0.0249. The summed E-state index contributed by atoms with van der Waals surface area (Å²) in [6.45, 7) is 0.994. The van der Waals surface area contributed by atoms with E-state index in [1.807, 2.05) is 17.5 Å². The van der Waals surface area contributed by atoms with Gasteiger partial charge in [0, 0.05) is 44.0 Å². The molecule has 0 unspecified atom stereocenters. The number of thiophene rings is 1. The molecular formula is C19H20N4O4S2. The maximum absolute atomic E-state index is 12.6. The second-order valence-electron chi connectivity index (χ2n) is 7.02. The molecule has 10 heteroatoms. The van der Waals surface area contributed by atoms with E-state index < -0.39 is 10.0 Å². The highest BCUT2D eigenvalue weighted by molar-refractivity contribution is 7.89. The number of carbonyl (C=O) groups is 1. The Morgan fingerprint density at radius 2 is 1.97 bits per heavy atom. The van der Waals surface area contributed by atoms with Crippen LogP contribution in [0.3, 0.4) is 0 Å². The second-order valence-corrected chi connectivity index (χ2v) is 10.2. The van der Waals surface area contributed by atoms with E-state index in [1.165, 1.54) is 43.2 Å². The first-order chi connectivity index (χ1) is 13.8. The number of hydrogen-bond acceptors (Lipinski definition) is 7. The Hall–Kier alpha value is -2.56. The van der Waals surface area contributed by atoms with Gasteiger partial charge in [0.05, 0.1) is 10.8 Å². The topological polar surface area (TPSA) is 96.6 Å². The van der Waals surface area contributed by atoms with Crippen molar-refractivity contribution < 1.29 is 17.7 Å². The Kier molecular flexibility index (Phi) is 5.24. The monoisotopic (exact) mass is 432 g/mol. The zero-order chi connectivity index (χ0) is 20.6. The van der Waals surface area contributed by atoms with Crippen LogP contribution < -0.4 is 0 Å². The van der Waals surface area contributed by atoms with Crippen LogP contribution in [-0.2, 0) is 16.4 Å². The molecule has 0 N–H and O–H groups in total. The van der Waals surface area contributed by atoms with Crippen LogP contribution in [0.15, 0.2) is 51.2 Å². The fraction of sp³-hybridized carbons (Fsp3) is 0.316. The van der Waals surface area contributed by atoms with E-state index in [0.717, 1.165) is 4.31 Å². The van der Waals surface area contributed by atoms with Crippen molar-refractivity contribution in [2.24, 2.45) is 0 Å². The first-order valence-electron chi connectivity index (χ1n) is 9.01. The van der Waals surface area contributed by atoms with E-state index in [9.17, 15) is 13.2 Å². The molecule has 8 nitrogen and oxygen atoms in total. The molecule has 4 rings (SSSR count). The van der Waals surface area contributed by atoms with Gasteiger partial charge < -0.3 is 9.42 Å². The van der Waals surface area contributed by atoms with Crippen LogP contribution in [0.5, 0.6) is 0 Å². The van der Waals surface area contributed by atoms with Crippen LogP contribution in [0.1, 0.15) is 32.9 Å². The molecule has 0 bridgehead atoms. The van der Waals surface area contributed by atoms with Gasteiger partial charge in [0.25, 0.3) is 5.91 Å². The fourth-order valence-corrected chi connectivity index (χ4v) is 4.64. The third-order valence-electron chi connectivity index (χ3n) is 4.79. The number of rotatable bonds is 6. The molecule has 0 aliphatic carbocycles. The van der Waals surface area contributed by atoms with Gasteiger partial charge in [-0.3, -0.25) is 4.79 Å². The molecule has 0 saturated carbocycles. The highest BCUT2D eigenvalue weighted by Crippen LogP contribution is 2.28. The van der Waals surface area contributed by atoms with Crippen molar-refractivity contribution in [1.29, 1.82) is 0 Å². The largest absolute Gasteiger partial charge is 0.339 e. The van der Waals surface area contributed by atoms with Crippen molar-refractivity contribution in [2.75, 3.05) is 27.2 Å². The Morgan fingerprint density at radius 3 is 2.59 bits per heavy atom. The van der Waals surface area contributed by atoms with Gasteiger partial charge in [-0.05, 0) is 35.7 Å². The Balaban J connectivity index is 1.36. The molecule has 1 amide bonds. The molecule has 1 aliphatic rings. The Morgan fingerprint density at radius 1 is 1.24 bits per heavy atom. The van der Waals surface area contributed by atoms with Gasteiger partial charge in [-0.25, -0.2) is 12.7 Å². The molecule has 1 saturated heterocycles. The first kappa shape index (κ1) is 19.7. The van der Waals surface area contributed by atoms with Gasteiger partial charge in [0.15, 0.2) is 5.82 Å². The second kappa shape index (κ2) is 7.69. The maximum atomic E-state index is 12.6. The van der Waals surface area contributed by atoms with Crippen molar-refractivity contribution >= 4 is 27.3 Å². The number of likely N-dealkylation sites (tertiary alicyclic amines) is 1. The zero-order valence-electron chi connectivity index (χ0n) is 16.0. The first-order valence-corrected chi connectivity index (χ1v) is 11.3. The molecular weight excluding hydrogens is 412 g/mol. The lowest BCUT2D eigenvalue weighted by Crippen LogP contribution is -2.48. The number of aromatic nitrogens is 2. The lowest BCUT2D eigenvalue weighted by atomic mass is 9.99. The Labute approximate surface area is 172 Å². The highest BCUT2D eigenvalue weighted by atomic mass is 32.2. The molecule has 29 heavy (non-hydrogen) atoms. The third kappa shape index (κ3) is 3.96. The molecule has 152 valence electrons. The lowest BCUT2D eigenvalue weighted by molar-refractivity contribution is 0.0569. The van der Waals surface area contributed by atoms with E-state index in [0.29, 0.717) is 36.8 Å². The molecule has 0 radical (unpaired) electrons. The predicted octanol–water partition coefficient (Wildman–Crippen LogP) is 2.21. The minimum Gasteiger partial charge on any atom is -0.339 e. The number of carbonyl (C=O) groups excluding carboxylic acids is 1. The van der Waals surface area contributed by atoms with Gasteiger partial charge in [-0.2, -0.15) is 4.98 Å². The lowest BCUT2D eigenvalue weighted by Gasteiger charge is -2.37. The summed E-state index contributed by atoms with van der Waals surface area (Å²) in [5.41, 5.74) is 0.449. The summed E-state index contributed by atoms with van der Waals surface area (Å²) in [4.78, 5) is 20.1. The highest BCUT2D eigenvalue weighted by Gasteiger charge is 2.36. The molecule has 2 aromatic heterocycles. The van der Waals surface area contributed by atoms with Crippen molar-refractivity contribution in [3.05, 3.63) is 63.9 Å². The normalized spacial score (nSPS) is 14.9. The number of sulfonamides is 1. The predicted molar refractivity (Wildman–Crippen MR) is 107 cm³/mol. The Bertz CT molecular complexity index is 1100. The number of benzene rings is 1. The van der Waals surface area contributed by atoms with Gasteiger partial charge >= 0.3 is 0 Å². The summed E-state index contributed by atoms with van der Waals surface area (Å²) >= 11 is 1.65. The van der Waals surface area contributed by atoms with E-state index in [2.05, 4.69) is 10.1 Å². The average Bonchev–Trinajstić information content (AvgIpc) is 3.33. The van der Waals surface area contributed by atoms with Crippen LogP contribution >= 0.6 is 11.3 Å². The van der Waals surface area contributed by atoms with Crippen LogP contribution in [0.25, 0.3) is 0 Å². The summed E-state index contributed by atoms with van der Waals surface area (Å²) in [5, 5.41) is 6.03. The summed E-state index contributed by atoms with van der Waals surface area (Å²) in [6, 6.07) is 10.00. The smallest absolute Gasteiger partial charge is 0.253 e. The fourth-order valence-electron chi connectivity index (χ4n) is 3.04. The molecule has 3 heterocycles. The van der Waals surface area contributed by atoms with Crippen molar-refractivity contribution in [2.45, 2.75) is 17.2 Å². The van der Waals surface area contributed by atoms with E-state index in [4.69, 9.17) is 4.52 Å². The quantitative estimate of drug-likeness (QED) is 0.593. The van der Waals surface area contributed by atoms with Gasteiger partial charge in [-0.15, -0.1) is 11.3 Å². The maximum Gasteiger partial charge on any atom is 0.253 e. The van der Waals surface area contributed by atoms with Gasteiger partial charge in [-0.1, -0.05) is 11.2 Å². The average molecular weight is 433 g/mol. The van der Waals surface area contributed by atoms with E-state index in [-0.39, 0.29) is 16.7 Å². The van der Waals surface area contributed by atoms with Gasteiger partial charge in [0.2, 0.25) is 15.9 Å². The van der Waals surface area contributed by atoms with Crippen LogP contribution in [0.2, 0.25) is 0 Å². The van der Waals surface area contributed by atoms with Crippen LogP contribution in [-0.4, -0.2) is 60.9 Å². The number of amides is 1.